The molecule has 0 spiro atoms. The molecule has 1 unspecified atom stereocenters. The summed E-state index contributed by atoms with van der Waals surface area (Å²) < 4.78 is 0. The first-order valence-electron chi connectivity index (χ1n) is 9.61. The van der Waals surface area contributed by atoms with E-state index in [0.29, 0.717) is 16.7 Å². The molecular weight excluding hydrogens is 384 g/mol. The van der Waals surface area contributed by atoms with E-state index in [1.165, 1.54) is 6.92 Å². The second kappa shape index (κ2) is 8.77. The van der Waals surface area contributed by atoms with Gasteiger partial charge in [-0.15, -0.1) is 0 Å². The number of nitrogens with zero attached hydrogens (tertiary/aromatic N) is 2. The number of carbonyl (C=O) groups is 4. The van der Waals surface area contributed by atoms with Crippen LogP contribution in [0.15, 0.2) is 48.5 Å². The SMILES string of the molecule is CC(C(=O)NCCNC(=O)c1ccc(N(C)C)cc1)N1C(=O)c2ccccc2C1=O. The predicted octanol–water partition coefficient (Wildman–Crippen LogP) is 1.28. The molecule has 4 amide bonds. The van der Waals surface area contributed by atoms with E-state index in [4.69, 9.17) is 0 Å². The van der Waals surface area contributed by atoms with E-state index in [9.17, 15) is 19.2 Å². The van der Waals surface area contributed by atoms with Crippen molar-refractivity contribution in [2.24, 2.45) is 0 Å². The first-order valence-corrected chi connectivity index (χ1v) is 9.61. The normalized spacial score (nSPS) is 13.6. The second-order valence-corrected chi connectivity index (χ2v) is 7.19. The van der Waals surface area contributed by atoms with Gasteiger partial charge in [-0.1, -0.05) is 12.1 Å². The molecule has 0 aromatic heterocycles. The lowest BCUT2D eigenvalue weighted by Gasteiger charge is -2.21. The monoisotopic (exact) mass is 408 g/mol. The molecule has 8 heteroatoms. The number of benzene rings is 2. The zero-order chi connectivity index (χ0) is 21.8. The Morgan fingerprint density at radius 1 is 0.900 bits per heavy atom. The van der Waals surface area contributed by atoms with Crippen LogP contribution < -0.4 is 15.5 Å². The van der Waals surface area contributed by atoms with Crippen LogP contribution in [0.25, 0.3) is 0 Å². The highest BCUT2D eigenvalue weighted by Crippen LogP contribution is 2.24. The maximum atomic E-state index is 12.5. The van der Waals surface area contributed by atoms with E-state index in [0.717, 1.165) is 10.6 Å². The van der Waals surface area contributed by atoms with Crippen molar-refractivity contribution in [3.63, 3.8) is 0 Å². The highest BCUT2D eigenvalue weighted by atomic mass is 16.2. The minimum Gasteiger partial charge on any atom is -0.378 e. The number of fused-ring (bicyclic) bond motifs is 1. The van der Waals surface area contributed by atoms with Gasteiger partial charge >= 0.3 is 0 Å². The molecule has 2 aromatic rings. The largest absolute Gasteiger partial charge is 0.378 e. The summed E-state index contributed by atoms with van der Waals surface area (Å²) in [6.45, 7) is 1.89. The fourth-order valence-electron chi connectivity index (χ4n) is 3.20. The Hall–Kier alpha value is -3.68. The predicted molar refractivity (Wildman–Crippen MR) is 113 cm³/mol. The molecule has 2 N–H and O–H groups in total. The van der Waals surface area contributed by atoms with Gasteiger partial charge in [0.2, 0.25) is 5.91 Å². The van der Waals surface area contributed by atoms with Crippen LogP contribution in [-0.2, 0) is 4.79 Å². The smallest absolute Gasteiger partial charge is 0.262 e. The molecule has 0 aliphatic carbocycles. The summed E-state index contributed by atoms with van der Waals surface area (Å²) in [6.07, 6.45) is 0. The maximum absolute atomic E-state index is 12.5. The third-order valence-electron chi connectivity index (χ3n) is 4.95. The van der Waals surface area contributed by atoms with Crippen molar-refractivity contribution in [3.05, 3.63) is 65.2 Å². The molecule has 2 aromatic carbocycles. The maximum Gasteiger partial charge on any atom is 0.262 e. The molecule has 0 fully saturated rings. The summed E-state index contributed by atoms with van der Waals surface area (Å²) in [4.78, 5) is 52.4. The van der Waals surface area contributed by atoms with Gasteiger partial charge in [0.05, 0.1) is 11.1 Å². The summed E-state index contributed by atoms with van der Waals surface area (Å²) in [5, 5.41) is 5.38. The van der Waals surface area contributed by atoms with Gasteiger partial charge in [-0.25, -0.2) is 0 Å². The molecule has 0 saturated heterocycles. The molecule has 156 valence electrons. The topological polar surface area (TPSA) is 98.8 Å². The number of nitrogens with one attached hydrogen (secondary N) is 2. The van der Waals surface area contributed by atoms with Crippen molar-refractivity contribution in [3.8, 4) is 0 Å². The van der Waals surface area contributed by atoms with Gasteiger partial charge in [-0.3, -0.25) is 24.1 Å². The zero-order valence-electron chi connectivity index (χ0n) is 17.1. The first-order chi connectivity index (χ1) is 14.3. The molecule has 30 heavy (non-hydrogen) atoms. The lowest BCUT2D eigenvalue weighted by atomic mass is 10.1. The van der Waals surface area contributed by atoms with Gasteiger partial charge in [0.1, 0.15) is 6.04 Å². The summed E-state index contributed by atoms with van der Waals surface area (Å²) >= 11 is 0. The van der Waals surface area contributed by atoms with Gasteiger partial charge < -0.3 is 15.5 Å². The number of hydrogen-bond donors (Lipinski definition) is 2. The Morgan fingerprint density at radius 2 is 1.43 bits per heavy atom. The van der Waals surface area contributed by atoms with Crippen LogP contribution in [0.1, 0.15) is 38.0 Å². The van der Waals surface area contributed by atoms with Gasteiger partial charge in [-0.05, 0) is 43.3 Å². The average Bonchev–Trinajstić information content (AvgIpc) is 3.00. The Morgan fingerprint density at radius 3 is 1.97 bits per heavy atom. The van der Waals surface area contributed by atoms with Crippen LogP contribution >= 0.6 is 0 Å². The Bertz CT molecular complexity index is 950. The van der Waals surface area contributed by atoms with Crippen molar-refractivity contribution in [2.75, 3.05) is 32.1 Å². The number of amides is 4. The van der Waals surface area contributed by atoms with E-state index in [1.54, 1.807) is 36.4 Å². The standard InChI is InChI=1S/C22H24N4O4/c1-14(26-21(29)17-6-4-5-7-18(17)22(26)30)19(27)23-12-13-24-20(28)15-8-10-16(11-9-15)25(2)3/h4-11,14H,12-13H2,1-3H3,(H,23,27)(H,24,28). The Labute approximate surface area is 174 Å². The van der Waals surface area contributed by atoms with Crippen molar-refractivity contribution in [1.82, 2.24) is 15.5 Å². The van der Waals surface area contributed by atoms with Gasteiger partial charge in [0.25, 0.3) is 17.7 Å². The van der Waals surface area contributed by atoms with Gasteiger partial charge in [0, 0.05) is 38.4 Å². The average molecular weight is 408 g/mol. The van der Waals surface area contributed by atoms with E-state index < -0.39 is 23.8 Å². The molecule has 0 bridgehead atoms. The fraction of sp³-hybridized carbons (Fsp3) is 0.273. The van der Waals surface area contributed by atoms with Crippen molar-refractivity contribution in [2.45, 2.75) is 13.0 Å². The molecule has 8 nitrogen and oxygen atoms in total. The van der Waals surface area contributed by atoms with Crippen LogP contribution in [0, 0.1) is 0 Å². The molecule has 0 saturated carbocycles. The van der Waals surface area contributed by atoms with Crippen LogP contribution in [0.5, 0.6) is 0 Å². The van der Waals surface area contributed by atoms with E-state index in [1.807, 2.05) is 31.1 Å². The van der Waals surface area contributed by atoms with Crippen LogP contribution in [-0.4, -0.2) is 61.8 Å². The van der Waals surface area contributed by atoms with Gasteiger partial charge in [0.15, 0.2) is 0 Å². The zero-order valence-corrected chi connectivity index (χ0v) is 17.1. The lowest BCUT2D eigenvalue weighted by molar-refractivity contribution is -0.124. The first kappa shape index (κ1) is 21.0. The van der Waals surface area contributed by atoms with Crippen molar-refractivity contribution >= 4 is 29.3 Å². The quantitative estimate of drug-likeness (QED) is 0.531. The molecule has 0 radical (unpaired) electrons. The summed E-state index contributed by atoms with van der Waals surface area (Å²) in [5.74, 6) is -1.67. The minimum absolute atomic E-state index is 0.174. The van der Waals surface area contributed by atoms with E-state index in [2.05, 4.69) is 10.6 Å². The van der Waals surface area contributed by atoms with Crippen molar-refractivity contribution < 1.29 is 19.2 Å². The van der Waals surface area contributed by atoms with Crippen molar-refractivity contribution in [1.29, 1.82) is 0 Å². The molecule has 3 rings (SSSR count). The lowest BCUT2D eigenvalue weighted by Crippen LogP contribution is -2.49. The number of anilines is 1. The van der Waals surface area contributed by atoms with E-state index in [-0.39, 0.29) is 19.0 Å². The van der Waals surface area contributed by atoms with E-state index >= 15 is 0 Å². The Balaban J connectivity index is 1.48. The minimum atomic E-state index is -0.952. The molecule has 1 heterocycles. The number of carbonyl (C=O) groups excluding carboxylic acids is 4. The fourth-order valence-corrected chi connectivity index (χ4v) is 3.20. The number of imide groups is 1. The molecule has 1 aliphatic rings. The highest BCUT2D eigenvalue weighted by Gasteiger charge is 2.40. The third kappa shape index (κ3) is 4.17. The van der Waals surface area contributed by atoms with Crippen LogP contribution in [0.4, 0.5) is 5.69 Å². The van der Waals surface area contributed by atoms with Crippen LogP contribution in [0.2, 0.25) is 0 Å². The summed E-state index contributed by atoms with van der Waals surface area (Å²) in [7, 11) is 3.83. The number of rotatable bonds is 7. The number of hydrogen-bond acceptors (Lipinski definition) is 5. The van der Waals surface area contributed by atoms with Crippen LogP contribution in [0.3, 0.4) is 0 Å². The molecule has 1 aliphatic heterocycles. The summed E-state index contributed by atoms with van der Waals surface area (Å²) in [5.41, 5.74) is 2.11. The molecule has 1 atom stereocenters. The highest BCUT2D eigenvalue weighted by molar-refractivity contribution is 6.22. The summed E-state index contributed by atoms with van der Waals surface area (Å²) in [6, 6.07) is 12.7. The second-order valence-electron chi connectivity index (χ2n) is 7.19. The Kier molecular flexibility index (Phi) is 6.15. The van der Waals surface area contributed by atoms with Gasteiger partial charge in [-0.2, -0.15) is 0 Å². The molecular formula is C22H24N4O4. The third-order valence-corrected chi connectivity index (χ3v) is 4.95.